The van der Waals surface area contributed by atoms with Crippen molar-refractivity contribution < 1.29 is 9.31 Å². The molecule has 0 aliphatic carbocycles. The molecule has 0 N–H and O–H groups in total. The van der Waals surface area contributed by atoms with Crippen molar-refractivity contribution in [1.29, 1.82) is 0 Å². The van der Waals surface area contributed by atoms with E-state index in [-0.39, 0.29) is 5.69 Å². The van der Waals surface area contributed by atoms with E-state index < -0.39 is 10.7 Å². The monoisotopic (exact) mass is 281 g/mol. The minimum absolute atomic E-state index is 0.170. The van der Waals surface area contributed by atoms with Crippen molar-refractivity contribution in [1.82, 2.24) is 4.90 Å². The molecule has 5 nitrogen and oxygen atoms in total. The molecule has 110 valence electrons. The molecule has 0 spiro atoms. The number of hydrogen-bond donors (Lipinski definition) is 0. The van der Waals surface area contributed by atoms with Crippen LogP contribution in [0.3, 0.4) is 0 Å². The lowest BCUT2D eigenvalue weighted by atomic mass is 9.98. The van der Waals surface area contributed by atoms with Gasteiger partial charge in [-0.25, -0.2) is 4.39 Å². The third-order valence-electron chi connectivity index (χ3n) is 3.80. The number of likely N-dealkylation sites (tertiary alicyclic amines) is 1. The summed E-state index contributed by atoms with van der Waals surface area (Å²) in [5.74, 6) is -0.0883. The van der Waals surface area contributed by atoms with E-state index in [1.807, 2.05) is 11.9 Å². The van der Waals surface area contributed by atoms with Gasteiger partial charge in [0.15, 0.2) is 0 Å². The molecule has 2 rings (SSSR count). The number of anilines is 1. The minimum atomic E-state index is -0.578. The highest BCUT2D eigenvalue weighted by atomic mass is 19.1. The first-order valence-corrected chi connectivity index (χ1v) is 6.81. The van der Waals surface area contributed by atoms with Crippen molar-refractivity contribution >= 4 is 11.4 Å². The predicted octanol–water partition coefficient (Wildman–Crippen LogP) is 2.51. The van der Waals surface area contributed by atoms with Crippen LogP contribution in [0.4, 0.5) is 15.8 Å². The van der Waals surface area contributed by atoms with Crippen molar-refractivity contribution in [3.63, 3.8) is 0 Å². The number of nitro benzene ring substituents is 1. The zero-order valence-electron chi connectivity index (χ0n) is 11.9. The molecular weight excluding hydrogens is 261 g/mol. The zero-order valence-corrected chi connectivity index (χ0v) is 11.9. The lowest BCUT2D eigenvalue weighted by molar-refractivity contribution is -0.384. The van der Waals surface area contributed by atoms with Crippen molar-refractivity contribution in [2.75, 3.05) is 38.6 Å². The maximum Gasteiger partial charge on any atom is 0.295 e. The third-order valence-corrected chi connectivity index (χ3v) is 3.80. The van der Waals surface area contributed by atoms with E-state index in [1.54, 1.807) is 0 Å². The number of benzene rings is 1. The second-order valence-electron chi connectivity index (χ2n) is 5.54. The average Bonchev–Trinajstić information content (AvgIpc) is 2.38. The van der Waals surface area contributed by atoms with E-state index in [4.69, 9.17) is 0 Å². The summed E-state index contributed by atoms with van der Waals surface area (Å²) >= 11 is 0. The van der Waals surface area contributed by atoms with Crippen molar-refractivity contribution in [2.45, 2.75) is 12.8 Å². The van der Waals surface area contributed by atoms with E-state index >= 15 is 0 Å². The van der Waals surface area contributed by atoms with Gasteiger partial charge in [-0.15, -0.1) is 0 Å². The van der Waals surface area contributed by atoms with Gasteiger partial charge in [-0.05, 0) is 44.5 Å². The molecule has 1 saturated heterocycles. The summed E-state index contributed by atoms with van der Waals surface area (Å²) in [7, 11) is 3.92. The lowest BCUT2D eigenvalue weighted by Gasteiger charge is -2.33. The molecule has 1 fully saturated rings. The summed E-state index contributed by atoms with van der Waals surface area (Å²) in [6.45, 7) is 2.85. The van der Waals surface area contributed by atoms with Crippen LogP contribution >= 0.6 is 0 Å². The quantitative estimate of drug-likeness (QED) is 0.628. The highest BCUT2D eigenvalue weighted by Gasteiger charge is 2.23. The second-order valence-corrected chi connectivity index (χ2v) is 5.54. The van der Waals surface area contributed by atoms with Crippen LogP contribution in [0.25, 0.3) is 0 Å². The Bertz CT molecular complexity index is 495. The molecule has 1 atom stereocenters. The van der Waals surface area contributed by atoms with E-state index in [9.17, 15) is 14.5 Å². The van der Waals surface area contributed by atoms with Crippen molar-refractivity contribution in [3.8, 4) is 0 Å². The van der Waals surface area contributed by atoms with E-state index in [0.717, 1.165) is 38.5 Å². The lowest BCUT2D eigenvalue weighted by Crippen LogP contribution is -2.38. The molecule has 1 heterocycles. The van der Waals surface area contributed by atoms with Crippen LogP contribution in [0, 0.1) is 21.8 Å². The first kappa shape index (κ1) is 14.7. The summed E-state index contributed by atoms with van der Waals surface area (Å²) in [5, 5.41) is 11.0. The van der Waals surface area contributed by atoms with Gasteiger partial charge in [0, 0.05) is 20.1 Å². The van der Waals surface area contributed by atoms with Gasteiger partial charge in [0.05, 0.1) is 11.0 Å². The molecule has 1 aliphatic rings. The Kier molecular flexibility index (Phi) is 4.54. The number of halogens is 1. The van der Waals surface area contributed by atoms with Crippen LogP contribution in [0.2, 0.25) is 0 Å². The van der Waals surface area contributed by atoms with E-state index in [2.05, 4.69) is 11.9 Å². The van der Waals surface area contributed by atoms with Gasteiger partial charge >= 0.3 is 0 Å². The average molecular weight is 281 g/mol. The number of nitrogens with zero attached hydrogens (tertiary/aromatic N) is 3. The van der Waals surface area contributed by atoms with Crippen molar-refractivity contribution in [3.05, 3.63) is 34.1 Å². The van der Waals surface area contributed by atoms with Crippen LogP contribution < -0.4 is 4.90 Å². The maximum absolute atomic E-state index is 13.2. The number of rotatable bonds is 4. The first-order valence-electron chi connectivity index (χ1n) is 6.81. The minimum Gasteiger partial charge on any atom is -0.369 e. The predicted molar refractivity (Wildman–Crippen MR) is 76.5 cm³/mol. The fourth-order valence-electron chi connectivity index (χ4n) is 2.87. The van der Waals surface area contributed by atoms with Gasteiger partial charge in [0.2, 0.25) is 0 Å². The molecular formula is C14H20FN3O2. The fraction of sp³-hybridized carbons (Fsp3) is 0.571. The molecule has 0 radical (unpaired) electrons. The van der Waals surface area contributed by atoms with E-state index in [0.29, 0.717) is 11.6 Å². The van der Waals surface area contributed by atoms with Crippen LogP contribution in [0.1, 0.15) is 12.8 Å². The number of piperidine rings is 1. The summed E-state index contributed by atoms with van der Waals surface area (Å²) in [6, 6.07) is 3.74. The highest BCUT2D eigenvalue weighted by Crippen LogP contribution is 2.29. The molecule has 0 bridgehead atoms. The normalized spacial score (nSPS) is 19.9. The van der Waals surface area contributed by atoms with Crippen LogP contribution in [0.15, 0.2) is 18.2 Å². The SMILES string of the molecule is CN1CCCC(CN(C)c2ccc(F)cc2[N+](=O)[O-])C1. The van der Waals surface area contributed by atoms with Crippen LogP contribution in [0.5, 0.6) is 0 Å². The van der Waals surface area contributed by atoms with Gasteiger partial charge in [0.1, 0.15) is 11.5 Å². The number of nitro groups is 1. The Balaban J connectivity index is 2.12. The van der Waals surface area contributed by atoms with Gasteiger partial charge in [-0.3, -0.25) is 10.1 Å². The Morgan fingerprint density at radius 2 is 2.30 bits per heavy atom. The largest absolute Gasteiger partial charge is 0.369 e. The highest BCUT2D eigenvalue weighted by molar-refractivity contribution is 5.62. The molecule has 1 aliphatic heterocycles. The van der Waals surface area contributed by atoms with Crippen molar-refractivity contribution in [2.24, 2.45) is 5.92 Å². The van der Waals surface area contributed by atoms with E-state index in [1.165, 1.54) is 12.1 Å². The summed E-state index contributed by atoms with van der Waals surface area (Å²) in [4.78, 5) is 14.6. The molecule has 20 heavy (non-hydrogen) atoms. The summed E-state index contributed by atoms with van der Waals surface area (Å²) in [6.07, 6.45) is 2.28. The molecule has 1 aromatic rings. The molecule has 6 heteroatoms. The molecule has 0 aromatic heterocycles. The molecule has 0 saturated carbocycles. The summed E-state index contributed by atoms with van der Waals surface area (Å²) in [5.41, 5.74) is 0.307. The van der Waals surface area contributed by atoms with Gasteiger partial charge in [-0.1, -0.05) is 0 Å². The molecule has 1 aromatic carbocycles. The maximum atomic E-state index is 13.2. The summed E-state index contributed by atoms with van der Waals surface area (Å²) < 4.78 is 13.2. The molecule has 0 amide bonds. The Morgan fingerprint density at radius 3 is 2.95 bits per heavy atom. The third kappa shape index (κ3) is 3.45. The molecule has 1 unspecified atom stereocenters. The Labute approximate surface area is 118 Å². The Morgan fingerprint density at radius 1 is 1.55 bits per heavy atom. The van der Waals surface area contributed by atoms with Gasteiger partial charge in [0.25, 0.3) is 5.69 Å². The van der Waals surface area contributed by atoms with Gasteiger partial charge in [-0.2, -0.15) is 0 Å². The second kappa shape index (κ2) is 6.17. The zero-order chi connectivity index (χ0) is 14.7. The standard InChI is InChI=1S/C14H20FN3O2/c1-16-7-3-4-11(9-16)10-17(2)13-6-5-12(15)8-14(13)18(19)20/h5-6,8,11H,3-4,7,9-10H2,1-2H3. The number of hydrogen-bond acceptors (Lipinski definition) is 4. The topological polar surface area (TPSA) is 49.6 Å². The Hall–Kier alpha value is -1.69. The fourth-order valence-corrected chi connectivity index (χ4v) is 2.87. The van der Waals surface area contributed by atoms with Crippen LogP contribution in [-0.2, 0) is 0 Å². The smallest absolute Gasteiger partial charge is 0.295 e. The van der Waals surface area contributed by atoms with Gasteiger partial charge < -0.3 is 9.80 Å². The van der Waals surface area contributed by atoms with Crippen LogP contribution in [-0.4, -0.2) is 43.6 Å². The first-order chi connectivity index (χ1) is 9.47.